The molecule has 160 valence electrons. The van der Waals surface area contributed by atoms with Gasteiger partial charge in [-0.1, -0.05) is 23.9 Å². The number of fused-ring (bicyclic) bond motifs is 1. The van der Waals surface area contributed by atoms with E-state index in [9.17, 15) is 17.6 Å². The summed E-state index contributed by atoms with van der Waals surface area (Å²) in [5, 5.41) is 1.12. The third-order valence-electron chi connectivity index (χ3n) is 4.52. The van der Waals surface area contributed by atoms with E-state index in [0.717, 1.165) is 12.1 Å². The number of benzene rings is 2. The van der Waals surface area contributed by atoms with Crippen molar-refractivity contribution in [2.45, 2.75) is 29.4 Å². The lowest BCUT2D eigenvalue weighted by molar-refractivity contribution is 0.189. The Kier molecular flexibility index (Phi) is 7.63. The summed E-state index contributed by atoms with van der Waals surface area (Å²) in [4.78, 5) is 17.6. The van der Waals surface area contributed by atoms with Crippen LogP contribution in [0.25, 0.3) is 10.9 Å². The van der Waals surface area contributed by atoms with Crippen molar-refractivity contribution in [3.05, 3.63) is 64.7 Å². The third kappa shape index (κ3) is 5.47. The van der Waals surface area contributed by atoms with Crippen LogP contribution in [0.15, 0.2) is 63.4 Å². The second-order valence-corrected chi connectivity index (χ2v) is 9.86. The van der Waals surface area contributed by atoms with E-state index in [4.69, 9.17) is 4.74 Å². The largest absolute Gasteiger partial charge is 0.385 e. The van der Waals surface area contributed by atoms with Crippen molar-refractivity contribution in [2.24, 2.45) is 0 Å². The second kappa shape index (κ2) is 10.2. The molecule has 0 N–H and O–H groups in total. The van der Waals surface area contributed by atoms with Gasteiger partial charge in [0.15, 0.2) is 15.0 Å². The molecule has 2 aromatic carbocycles. The Morgan fingerprint density at radius 1 is 1.10 bits per heavy atom. The number of hydrogen-bond donors (Lipinski definition) is 0. The number of para-hydroxylation sites is 1. The van der Waals surface area contributed by atoms with E-state index in [1.165, 1.54) is 23.9 Å². The van der Waals surface area contributed by atoms with Crippen LogP contribution in [0.4, 0.5) is 4.39 Å². The lowest BCUT2D eigenvalue weighted by Gasteiger charge is -2.13. The maximum Gasteiger partial charge on any atom is 0.262 e. The van der Waals surface area contributed by atoms with Crippen molar-refractivity contribution in [2.75, 3.05) is 25.2 Å². The zero-order valence-corrected chi connectivity index (χ0v) is 18.2. The van der Waals surface area contributed by atoms with Gasteiger partial charge in [0.1, 0.15) is 5.82 Å². The zero-order valence-electron chi connectivity index (χ0n) is 16.6. The van der Waals surface area contributed by atoms with Gasteiger partial charge in [-0.25, -0.2) is 17.8 Å². The standard InChI is InChI=1S/C21H23FN2O4S2/c1-28-13-4-12-24-20(25)18-6-2-3-7-19(18)23-21(24)29-14-5-15-30(26,27)17-10-8-16(22)9-11-17/h2-3,6-11H,4-5,12-15H2,1H3. The molecule has 0 spiro atoms. The molecule has 0 unspecified atom stereocenters. The summed E-state index contributed by atoms with van der Waals surface area (Å²) in [5.74, 6) is -0.0545. The third-order valence-corrected chi connectivity index (χ3v) is 7.40. The summed E-state index contributed by atoms with van der Waals surface area (Å²) < 4.78 is 44.5. The minimum absolute atomic E-state index is 0.0624. The molecule has 6 nitrogen and oxygen atoms in total. The summed E-state index contributed by atoms with van der Waals surface area (Å²) >= 11 is 1.36. The second-order valence-electron chi connectivity index (χ2n) is 6.69. The number of methoxy groups -OCH3 is 1. The van der Waals surface area contributed by atoms with Gasteiger partial charge in [-0.15, -0.1) is 0 Å². The van der Waals surface area contributed by atoms with Crippen molar-refractivity contribution in [3.8, 4) is 0 Å². The summed E-state index contributed by atoms with van der Waals surface area (Å²) in [6, 6.07) is 12.0. The SMILES string of the molecule is COCCCn1c(SCCCS(=O)(=O)c2ccc(F)cc2)nc2ccccc2c1=O. The van der Waals surface area contributed by atoms with E-state index < -0.39 is 15.7 Å². The average Bonchev–Trinajstić information content (AvgIpc) is 2.73. The zero-order chi connectivity index (χ0) is 21.6. The lowest BCUT2D eigenvalue weighted by atomic mass is 10.2. The van der Waals surface area contributed by atoms with E-state index in [1.807, 2.05) is 6.07 Å². The first-order valence-electron chi connectivity index (χ1n) is 9.52. The quantitative estimate of drug-likeness (QED) is 0.204. The molecule has 3 rings (SSSR count). The van der Waals surface area contributed by atoms with Crippen LogP contribution in [0.5, 0.6) is 0 Å². The summed E-state index contributed by atoms with van der Waals surface area (Å²) in [6.07, 6.45) is 1.05. The molecule has 0 atom stereocenters. The van der Waals surface area contributed by atoms with E-state index in [1.54, 1.807) is 29.9 Å². The highest BCUT2D eigenvalue weighted by Crippen LogP contribution is 2.20. The highest BCUT2D eigenvalue weighted by molar-refractivity contribution is 7.99. The number of thioether (sulfide) groups is 1. The van der Waals surface area contributed by atoms with Crippen LogP contribution in [0, 0.1) is 5.82 Å². The highest BCUT2D eigenvalue weighted by atomic mass is 32.2. The first-order valence-corrected chi connectivity index (χ1v) is 12.2. The van der Waals surface area contributed by atoms with Gasteiger partial charge in [0, 0.05) is 26.0 Å². The van der Waals surface area contributed by atoms with Gasteiger partial charge in [-0.2, -0.15) is 0 Å². The Morgan fingerprint density at radius 3 is 2.57 bits per heavy atom. The highest BCUT2D eigenvalue weighted by Gasteiger charge is 2.15. The molecule has 0 radical (unpaired) electrons. The molecule has 0 bridgehead atoms. The number of aromatic nitrogens is 2. The number of nitrogens with zero attached hydrogens (tertiary/aromatic N) is 2. The fourth-order valence-corrected chi connectivity index (χ4v) is 5.45. The minimum Gasteiger partial charge on any atom is -0.385 e. The van der Waals surface area contributed by atoms with Gasteiger partial charge in [0.2, 0.25) is 0 Å². The van der Waals surface area contributed by atoms with Gasteiger partial charge in [-0.3, -0.25) is 9.36 Å². The van der Waals surface area contributed by atoms with Gasteiger partial charge in [-0.05, 0) is 49.2 Å². The average molecular weight is 451 g/mol. The normalized spacial score (nSPS) is 11.8. The summed E-state index contributed by atoms with van der Waals surface area (Å²) in [7, 11) is -1.88. The fraction of sp³-hybridized carbons (Fsp3) is 0.333. The molecule has 30 heavy (non-hydrogen) atoms. The Bertz CT molecular complexity index is 1160. The van der Waals surface area contributed by atoms with Gasteiger partial charge in [0.25, 0.3) is 5.56 Å². The smallest absolute Gasteiger partial charge is 0.262 e. The van der Waals surface area contributed by atoms with Gasteiger partial charge >= 0.3 is 0 Å². The van der Waals surface area contributed by atoms with Crippen molar-refractivity contribution >= 4 is 32.5 Å². The number of hydrogen-bond acceptors (Lipinski definition) is 6. The Morgan fingerprint density at radius 2 is 1.83 bits per heavy atom. The molecule has 0 saturated carbocycles. The van der Waals surface area contributed by atoms with Crippen LogP contribution in [-0.4, -0.2) is 43.2 Å². The number of sulfone groups is 1. The fourth-order valence-electron chi connectivity index (χ4n) is 2.99. The predicted octanol–water partition coefficient (Wildman–Crippen LogP) is 3.53. The maximum atomic E-state index is 13.0. The van der Waals surface area contributed by atoms with Crippen molar-refractivity contribution in [3.63, 3.8) is 0 Å². The Hall–Kier alpha value is -2.23. The van der Waals surface area contributed by atoms with Crippen LogP contribution in [0.2, 0.25) is 0 Å². The van der Waals surface area contributed by atoms with Crippen LogP contribution < -0.4 is 5.56 Å². The van der Waals surface area contributed by atoms with E-state index in [0.29, 0.717) is 47.8 Å². The monoisotopic (exact) mass is 450 g/mol. The topological polar surface area (TPSA) is 78.3 Å². The molecule has 1 aromatic heterocycles. The minimum atomic E-state index is -3.49. The van der Waals surface area contributed by atoms with Crippen molar-refractivity contribution in [1.29, 1.82) is 0 Å². The molecular formula is C21H23FN2O4S2. The molecule has 9 heteroatoms. The van der Waals surface area contributed by atoms with E-state index in [2.05, 4.69) is 4.98 Å². The molecule has 1 heterocycles. The number of ether oxygens (including phenoxy) is 1. The summed E-state index contributed by atoms with van der Waals surface area (Å²) in [6.45, 7) is 1.00. The van der Waals surface area contributed by atoms with Crippen LogP contribution >= 0.6 is 11.8 Å². The molecule has 0 saturated heterocycles. The molecule has 0 fully saturated rings. The van der Waals surface area contributed by atoms with Crippen LogP contribution in [0.3, 0.4) is 0 Å². The Labute approximate surface area is 179 Å². The molecule has 0 amide bonds. The molecule has 0 aliphatic rings. The van der Waals surface area contributed by atoms with E-state index >= 15 is 0 Å². The van der Waals surface area contributed by atoms with Gasteiger partial charge < -0.3 is 4.74 Å². The first-order chi connectivity index (χ1) is 14.4. The van der Waals surface area contributed by atoms with Crippen molar-refractivity contribution < 1.29 is 17.5 Å². The maximum absolute atomic E-state index is 13.0. The van der Waals surface area contributed by atoms with Crippen molar-refractivity contribution in [1.82, 2.24) is 9.55 Å². The molecule has 3 aromatic rings. The predicted molar refractivity (Wildman–Crippen MR) is 116 cm³/mol. The Balaban J connectivity index is 1.72. The number of halogens is 1. The van der Waals surface area contributed by atoms with Crippen LogP contribution in [-0.2, 0) is 21.1 Å². The lowest BCUT2D eigenvalue weighted by Crippen LogP contribution is -2.24. The molecule has 0 aliphatic heterocycles. The molecule has 0 aliphatic carbocycles. The van der Waals surface area contributed by atoms with Gasteiger partial charge in [0.05, 0.1) is 21.6 Å². The van der Waals surface area contributed by atoms with Crippen LogP contribution in [0.1, 0.15) is 12.8 Å². The summed E-state index contributed by atoms with van der Waals surface area (Å²) in [5.41, 5.74) is 0.505. The molecular weight excluding hydrogens is 427 g/mol. The number of rotatable bonds is 10. The van der Waals surface area contributed by atoms with E-state index in [-0.39, 0.29) is 16.2 Å². The first kappa shape index (κ1) is 22.5.